The first kappa shape index (κ1) is 17.1. The van der Waals surface area contributed by atoms with Crippen molar-refractivity contribution >= 4 is 0 Å². The Morgan fingerprint density at radius 1 is 1.20 bits per heavy atom. The molecule has 3 heterocycles. The highest BCUT2D eigenvalue weighted by Gasteiger charge is 2.29. The monoisotopic (exact) mass is 338 g/mol. The molecule has 6 heteroatoms. The number of nitrogens with zero attached hydrogens (tertiary/aromatic N) is 4. The highest BCUT2D eigenvalue weighted by atomic mass is 16.5. The van der Waals surface area contributed by atoms with Gasteiger partial charge in [0.15, 0.2) is 5.82 Å². The van der Waals surface area contributed by atoms with Gasteiger partial charge in [0.1, 0.15) is 5.56 Å². The zero-order valence-electron chi connectivity index (χ0n) is 14.9. The molecule has 0 aliphatic carbocycles. The minimum atomic E-state index is -0.448. The van der Waals surface area contributed by atoms with Crippen molar-refractivity contribution in [3.63, 3.8) is 0 Å². The van der Waals surface area contributed by atoms with E-state index in [0.717, 1.165) is 5.56 Å². The second-order valence-corrected chi connectivity index (χ2v) is 7.06. The summed E-state index contributed by atoms with van der Waals surface area (Å²) in [5.41, 5.74) is 0.886. The van der Waals surface area contributed by atoms with E-state index in [1.54, 1.807) is 29.2 Å². The Morgan fingerprint density at radius 3 is 2.60 bits per heavy atom. The fraction of sp³-hybridized carbons (Fsp3) is 0.368. The molecular formula is C19H22N4O2. The minimum Gasteiger partial charge on any atom is -0.334 e. The molecule has 130 valence electrons. The zero-order valence-corrected chi connectivity index (χ0v) is 14.9. The van der Waals surface area contributed by atoms with Crippen molar-refractivity contribution in [3.8, 4) is 11.5 Å². The average Bonchev–Trinajstić information content (AvgIpc) is 3.08. The van der Waals surface area contributed by atoms with Gasteiger partial charge in [0, 0.05) is 25.1 Å². The van der Waals surface area contributed by atoms with Gasteiger partial charge in [-0.1, -0.05) is 19.0 Å². The van der Waals surface area contributed by atoms with Gasteiger partial charge in [0.05, 0.1) is 5.41 Å². The molecule has 0 aromatic carbocycles. The van der Waals surface area contributed by atoms with E-state index in [-0.39, 0.29) is 11.4 Å². The number of aromatic nitrogens is 4. The van der Waals surface area contributed by atoms with Crippen molar-refractivity contribution in [2.45, 2.75) is 39.7 Å². The summed E-state index contributed by atoms with van der Waals surface area (Å²) in [5, 5.41) is 4.12. The van der Waals surface area contributed by atoms with Crippen molar-refractivity contribution in [2.24, 2.45) is 5.92 Å². The van der Waals surface area contributed by atoms with Crippen molar-refractivity contribution in [2.75, 3.05) is 0 Å². The summed E-state index contributed by atoms with van der Waals surface area (Å²) < 4.78 is 7.09. The first-order chi connectivity index (χ1) is 11.9. The highest BCUT2D eigenvalue weighted by molar-refractivity contribution is 5.51. The maximum atomic E-state index is 12.7. The fourth-order valence-electron chi connectivity index (χ4n) is 2.72. The van der Waals surface area contributed by atoms with E-state index in [0.29, 0.717) is 23.9 Å². The number of hydrogen-bond acceptors (Lipinski definition) is 5. The lowest BCUT2D eigenvalue weighted by atomic mass is 9.84. The first-order valence-corrected chi connectivity index (χ1v) is 8.34. The molecule has 0 unspecified atom stereocenters. The topological polar surface area (TPSA) is 73.8 Å². The van der Waals surface area contributed by atoms with Gasteiger partial charge < -0.3 is 9.09 Å². The molecule has 6 nitrogen and oxygen atoms in total. The summed E-state index contributed by atoms with van der Waals surface area (Å²) in [7, 11) is 0. The lowest BCUT2D eigenvalue weighted by Gasteiger charge is -2.20. The normalized spacial score (nSPS) is 11.9. The number of hydrogen-bond donors (Lipinski definition) is 0. The van der Waals surface area contributed by atoms with Gasteiger partial charge in [0.25, 0.3) is 11.4 Å². The van der Waals surface area contributed by atoms with Gasteiger partial charge in [-0.05, 0) is 49.6 Å². The highest BCUT2D eigenvalue weighted by Crippen LogP contribution is 2.29. The van der Waals surface area contributed by atoms with Gasteiger partial charge in [-0.25, -0.2) is 0 Å². The van der Waals surface area contributed by atoms with Crippen LogP contribution in [0, 0.1) is 5.92 Å². The smallest absolute Gasteiger partial charge is 0.263 e. The molecule has 0 radical (unpaired) electrons. The Balaban J connectivity index is 1.99. The second kappa shape index (κ2) is 6.63. The maximum absolute atomic E-state index is 12.7. The fourth-order valence-corrected chi connectivity index (χ4v) is 2.72. The van der Waals surface area contributed by atoms with E-state index in [4.69, 9.17) is 4.52 Å². The molecule has 0 bridgehead atoms. The van der Waals surface area contributed by atoms with E-state index in [1.807, 2.05) is 32.0 Å². The third kappa shape index (κ3) is 3.38. The lowest BCUT2D eigenvalue weighted by molar-refractivity contribution is 0.407. The van der Waals surface area contributed by atoms with Crippen LogP contribution in [0.2, 0.25) is 0 Å². The van der Waals surface area contributed by atoms with Crippen LogP contribution in [0.3, 0.4) is 0 Å². The van der Waals surface area contributed by atoms with Crippen LogP contribution in [0.25, 0.3) is 11.5 Å². The number of rotatable bonds is 5. The largest absolute Gasteiger partial charge is 0.334 e. The Morgan fingerprint density at radius 2 is 1.92 bits per heavy atom. The quantitative estimate of drug-likeness (QED) is 0.714. The molecule has 0 saturated carbocycles. The standard InChI is InChI=1S/C19H22N4O2/c1-13(2)12-23-11-5-6-15(17(23)24)16-21-18(22-25-16)19(3,4)14-7-9-20-10-8-14/h5-11,13H,12H2,1-4H3. The first-order valence-electron chi connectivity index (χ1n) is 8.34. The van der Waals surface area contributed by atoms with E-state index >= 15 is 0 Å². The van der Waals surface area contributed by atoms with Crippen molar-refractivity contribution in [1.82, 2.24) is 19.7 Å². The molecule has 0 saturated heterocycles. The molecule has 0 amide bonds. The predicted molar refractivity (Wildman–Crippen MR) is 95.2 cm³/mol. The van der Waals surface area contributed by atoms with Gasteiger partial charge in [-0.3, -0.25) is 9.78 Å². The van der Waals surface area contributed by atoms with E-state index in [2.05, 4.69) is 29.0 Å². The molecule has 0 N–H and O–H groups in total. The molecule has 0 spiro atoms. The summed E-state index contributed by atoms with van der Waals surface area (Å²) in [6.45, 7) is 8.82. The summed E-state index contributed by atoms with van der Waals surface area (Å²) >= 11 is 0. The Bertz CT molecular complexity index is 910. The van der Waals surface area contributed by atoms with Crippen LogP contribution in [0.4, 0.5) is 0 Å². The van der Waals surface area contributed by atoms with Crippen LogP contribution < -0.4 is 5.56 Å². The van der Waals surface area contributed by atoms with Gasteiger partial charge in [-0.2, -0.15) is 4.98 Å². The van der Waals surface area contributed by atoms with Crippen molar-refractivity contribution in [3.05, 3.63) is 64.6 Å². The summed E-state index contributed by atoms with van der Waals surface area (Å²) in [6, 6.07) is 7.40. The summed E-state index contributed by atoms with van der Waals surface area (Å²) in [4.78, 5) is 21.2. The second-order valence-electron chi connectivity index (χ2n) is 7.06. The van der Waals surface area contributed by atoms with Crippen molar-refractivity contribution in [1.29, 1.82) is 0 Å². The average molecular weight is 338 g/mol. The Kier molecular flexibility index (Phi) is 4.53. The lowest BCUT2D eigenvalue weighted by Crippen LogP contribution is -2.23. The van der Waals surface area contributed by atoms with E-state index < -0.39 is 5.41 Å². The zero-order chi connectivity index (χ0) is 18.0. The van der Waals surface area contributed by atoms with Crippen LogP contribution in [0.5, 0.6) is 0 Å². The molecule has 3 rings (SSSR count). The van der Waals surface area contributed by atoms with Crippen LogP contribution in [-0.2, 0) is 12.0 Å². The summed E-state index contributed by atoms with van der Waals surface area (Å²) in [6.07, 6.45) is 5.25. The van der Waals surface area contributed by atoms with Crippen LogP contribution in [0.15, 0.2) is 52.2 Å². The molecule has 25 heavy (non-hydrogen) atoms. The SMILES string of the molecule is CC(C)Cn1cccc(-c2nc(C(C)(C)c3ccncc3)no2)c1=O. The third-order valence-corrected chi connectivity index (χ3v) is 4.20. The number of pyridine rings is 2. The Labute approximate surface area is 146 Å². The molecule has 3 aromatic rings. The van der Waals surface area contributed by atoms with Crippen LogP contribution in [-0.4, -0.2) is 19.7 Å². The Hall–Kier alpha value is -2.76. The van der Waals surface area contributed by atoms with Crippen LogP contribution in [0.1, 0.15) is 39.1 Å². The molecule has 3 aromatic heterocycles. The van der Waals surface area contributed by atoms with E-state index in [9.17, 15) is 4.79 Å². The molecule has 0 atom stereocenters. The van der Waals surface area contributed by atoms with E-state index in [1.165, 1.54) is 0 Å². The van der Waals surface area contributed by atoms with Crippen LogP contribution >= 0.6 is 0 Å². The molecule has 0 fully saturated rings. The minimum absolute atomic E-state index is 0.117. The van der Waals surface area contributed by atoms with Gasteiger partial charge >= 0.3 is 0 Å². The summed E-state index contributed by atoms with van der Waals surface area (Å²) in [5.74, 6) is 1.16. The maximum Gasteiger partial charge on any atom is 0.263 e. The van der Waals surface area contributed by atoms with Gasteiger partial charge in [0.2, 0.25) is 0 Å². The molecular weight excluding hydrogens is 316 g/mol. The molecule has 0 aliphatic rings. The molecule has 0 aliphatic heterocycles. The third-order valence-electron chi connectivity index (χ3n) is 4.20. The van der Waals surface area contributed by atoms with Crippen molar-refractivity contribution < 1.29 is 4.52 Å². The predicted octanol–water partition coefficient (Wildman–Crippen LogP) is 3.28. The van der Waals surface area contributed by atoms with Gasteiger partial charge in [-0.15, -0.1) is 0 Å².